The molecule has 2 amide bonds. The topological polar surface area (TPSA) is 97.4 Å². The van der Waals surface area contributed by atoms with E-state index in [0.717, 1.165) is 5.56 Å². The molecule has 23 heavy (non-hydrogen) atoms. The van der Waals surface area contributed by atoms with Gasteiger partial charge >= 0.3 is 0 Å². The molecule has 0 spiro atoms. The quantitative estimate of drug-likeness (QED) is 0.714. The molecule has 0 aliphatic rings. The lowest BCUT2D eigenvalue weighted by atomic mass is 10.2. The Kier molecular flexibility index (Phi) is 7.87. The maximum atomic E-state index is 11.8. The molecule has 2 aromatic rings. The van der Waals surface area contributed by atoms with Crippen LogP contribution in [0.2, 0.25) is 0 Å². The number of carbonyl (C=O) groups is 2. The Morgan fingerprint density at radius 3 is 2.52 bits per heavy atom. The zero-order chi connectivity index (χ0) is 15.8. The van der Waals surface area contributed by atoms with Crippen LogP contribution in [0.1, 0.15) is 28.1 Å². The number of carbonyl (C=O) groups excluding carboxylic acids is 2. The van der Waals surface area contributed by atoms with Crippen molar-refractivity contribution in [1.82, 2.24) is 10.6 Å². The highest BCUT2D eigenvalue weighted by Crippen LogP contribution is 2.06. The van der Waals surface area contributed by atoms with Crippen LogP contribution in [0.25, 0.3) is 0 Å². The van der Waals surface area contributed by atoms with Crippen LogP contribution in [0.15, 0.2) is 47.1 Å². The Morgan fingerprint density at radius 2 is 1.87 bits per heavy atom. The fourth-order valence-electron chi connectivity index (χ4n) is 1.88. The van der Waals surface area contributed by atoms with Crippen LogP contribution in [0.4, 0.5) is 0 Å². The van der Waals surface area contributed by atoms with Gasteiger partial charge in [0.1, 0.15) is 12.0 Å². The molecule has 7 heteroatoms. The highest BCUT2D eigenvalue weighted by molar-refractivity contribution is 5.94. The SMILES string of the molecule is Cl.NCc1cc(C(=O)NCCC(=O)NCc2ccccc2)co1. The second-order valence-corrected chi connectivity index (χ2v) is 4.77. The summed E-state index contributed by atoms with van der Waals surface area (Å²) in [5, 5.41) is 5.47. The lowest BCUT2D eigenvalue weighted by Crippen LogP contribution is -2.30. The predicted molar refractivity (Wildman–Crippen MR) is 89.1 cm³/mol. The van der Waals surface area contributed by atoms with E-state index in [2.05, 4.69) is 10.6 Å². The van der Waals surface area contributed by atoms with Gasteiger partial charge in [0.25, 0.3) is 5.91 Å². The standard InChI is InChI=1S/C16H19N3O3.ClH/c17-9-14-8-13(11-22-14)16(21)18-7-6-15(20)19-10-12-4-2-1-3-5-12;/h1-5,8,11H,6-7,9-10,17H2,(H,18,21)(H,19,20);1H. The van der Waals surface area contributed by atoms with Gasteiger partial charge in [-0.25, -0.2) is 0 Å². The Hall–Kier alpha value is -2.31. The van der Waals surface area contributed by atoms with Crippen molar-refractivity contribution in [2.24, 2.45) is 5.73 Å². The van der Waals surface area contributed by atoms with Gasteiger partial charge in [-0.3, -0.25) is 9.59 Å². The van der Waals surface area contributed by atoms with Crippen molar-refractivity contribution < 1.29 is 14.0 Å². The molecule has 0 saturated carbocycles. The molecule has 0 fully saturated rings. The van der Waals surface area contributed by atoms with Crippen LogP contribution in [-0.2, 0) is 17.9 Å². The third kappa shape index (κ3) is 6.14. The molecule has 124 valence electrons. The van der Waals surface area contributed by atoms with E-state index >= 15 is 0 Å². The first-order valence-electron chi connectivity index (χ1n) is 7.05. The molecule has 0 aliphatic carbocycles. The summed E-state index contributed by atoms with van der Waals surface area (Å²) < 4.78 is 5.08. The number of nitrogens with one attached hydrogen (secondary N) is 2. The average molecular weight is 338 g/mol. The number of rotatable bonds is 7. The Morgan fingerprint density at radius 1 is 1.13 bits per heavy atom. The first kappa shape index (κ1) is 18.7. The normalized spacial score (nSPS) is 9.78. The van der Waals surface area contributed by atoms with Crippen molar-refractivity contribution >= 4 is 24.2 Å². The summed E-state index contributed by atoms with van der Waals surface area (Å²) in [6.45, 7) is 0.993. The Bertz CT molecular complexity index is 629. The van der Waals surface area contributed by atoms with Gasteiger partial charge in [-0.15, -0.1) is 12.4 Å². The highest BCUT2D eigenvalue weighted by atomic mass is 35.5. The second kappa shape index (κ2) is 9.66. The van der Waals surface area contributed by atoms with Crippen LogP contribution in [0, 0.1) is 0 Å². The van der Waals surface area contributed by atoms with Gasteiger partial charge in [0.2, 0.25) is 5.91 Å². The van der Waals surface area contributed by atoms with Gasteiger partial charge in [-0.05, 0) is 11.6 Å². The molecule has 0 bridgehead atoms. The van der Waals surface area contributed by atoms with Gasteiger partial charge in [0.15, 0.2) is 0 Å². The summed E-state index contributed by atoms with van der Waals surface area (Å²) in [5.74, 6) is 0.157. The molecule has 0 atom stereocenters. The first-order chi connectivity index (χ1) is 10.7. The molecule has 0 saturated heterocycles. The largest absolute Gasteiger partial charge is 0.467 e. The Labute approximate surface area is 140 Å². The average Bonchev–Trinajstić information content (AvgIpc) is 3.03. The number of furan rings is 1. The van der Waals surface area contributed by atoms with Gasteiger partial charge in [-0.1, -0.05) is 30.3 Å². The molecule has 4 N–H and O–H groups in total. The Balaban J connectivity index is 0.00000264. The van der Waals surface area contributed by atoms with E-state index in [1.54, 1.807) is 6.07 Å². The van der Waals surface area contributed by atoms with Crippen molar-refractivity contribution in [2.75, 3.05) is 6.54 Å². The van der Waals surface area contributed by atoms with Gasteiger partial charge in [-0.2, -0.15) is 0 Å². The van der Waals surface area contributed by atoms with E-state index in [-0.39, 0.29) is 43.7 Å². The van der Waals surface area contributed by atoms with E-state index in [9.17, 15) is 9.59 Å². The van der Waals surface area contributed by atoms with Crippen molar-refractivity contribution in [3.05, 3.63) is 59.5 Å². The van der Waals surface area contributed by atoms with Crippen molar-refractivity contribution in [2.45, 2.75) is 19.5 Å². The van der Waals surface area contributed by atoms with Crippen LogP contribution >= 0.6 is 12.4 Å². The summed E-state index contributed by atoms with van der Waals surface area (Å²) in [7, 11) is 0. The number of amides is 2. The summed E-state index contributed by atoms with van der Waals surface area (Å²) in [5.41, 5.74) is 6.85. The van der Waals surface area contributed by atoms with Crippen molar-refractivity contribution in [1.29, 1.82) is 0 Å². The molecular weight excluding hydrogens is 318 g/mol. The summed E-state index contributed by atoms with van der Waals surface area (Å²) in [6.07, 6.45) is 1.58. The number of nitrogens with two attached hydrogens (primary N) is 1. The van der Waals surface area contributed by atoms with Crippen LogP contribution in [-0.4, -0.2) is 18.4 Å². The summed E-state index contributed by atoms with van der Waals surface area (Å²) in [4.78, 5) is 23.5. The van der Waals surface area contributed by atoms with Crippen molar-refractivity contribution in [3.8, 4) is 0 Å². The summed E-state index contributed by atoms with van der Waals surface area (Å²) >= 11 is 0. The second-order valence-electron chi connectivity index (χ2n) is 4.77. The molecular formula is C16H20ClN3O3. The molecule has 1 aromatic carbocycles. The minimum Gasteiger partial charge on any atom is -0.467 e. The van der Waals surface area contributed by atoms with E-state index in [1.165, 1.54) is 6.26 Å². The number of benzene rings is 1. The third-order valence-corrected chi connectivity index (χ3v) is 3.09. The fraction of sp³-hybridized carbons (Fsp3) is 0.250. The number of hydrogen-bond acceptors (Lipinski definition) is 4. The van der Waals surface area contributed by atoms with E-state index in [0.29, 0.717) is 17.9 Å². The molecule has 0 unspecified atom stereocenters. The molecule has 1 aromatic heterocycles. The van der Waals surface area contributed by atoms with Crippen LogP contribution in [0.5, 0.6) is 0 Å². The zero-order valence-electron chi connectivity index (χ0n) is 12.6. The third-order valence-electron chi connectivity index (χ3n) is 3.09. The smallest absolute Gasteiger partial charge is 0.254 e. The van der Waals surface area contributed by atoms with Gasteiger partial charge < -0.3 is 20.8 Å². The fourth-order valence-corrected chi connectivity index (χ4v) is 1.88. The van der Waals surface area contributed by atoms with Gasteiger partial charge in [0.05, 0.1) is 12.1 Å². The maximum Gasteiger partial charge on any atom is 0.254 e. The van der Waals surface area contributed by atoms with Gasteiger partial charge in [0, 0.05) is 19.5 Å². The minimum atomic E-state index is -0.278. The molecule has 6 nitrogen and oxygen atoms in total. The minimum absolute atomic E-state index is 0. The van der Waals surface area contributed by atoms with Crippen LogP contribution < -0.4 is 16.4 Å². The zero-order valence-corrected chi connectivity index (χ0v) is 13.4. The lowest BCUT2D eigenvalue weighted by Gasteiger charge is -2.06. The van der Waals surface area contributed by atoms with Crippen molar-refractivity contribution in [3.63, 3.8) is 0 Å². The van der Waals surface area contributed by atoms with E-state index < -0.39 is 0 Å². The molecule has 2 rings (SSSR count). The van der Waals surface area contributed by atoms with Crippen LogP contribution in [0.3, 0.4) is 0 Å². The van der Waals surface area contributed by atoms with E-state index in [1.807, 2.05) is 30.3 Å². The number of hydrogen-bond donors (Lipinski definition) is 3. The lowest BCUT2D eigenvalue weighted by molar-refractivity contribution is -0.121. The first-order valence-corrected chi connectivity index (χ1v) is 7.05. The molecule has 0 aliphatic heterocycles. The maximum absolute atomic E-state index is 11.8. The van der Waals surface area contributed by atoms with E-state index in [4.69, 9.17) is 10.2 Å². The number of halogens is 1. The summed E-state index contributed by atoms with van der Waals surface area (Å²) in [6, 6.07) is 11.2. The molecule has 0 radical (unpaired) electrons. The molecule has 1 heterocycles. The monoisotopic (exact) mass is 337 g/mol. The predicted octanol–water partition coefficient (Wildman–Crippen LogP) is 1.60. The highest BCUT2D eigenvalue weighted by Gasteiger charge is 2.09.